The lowest BCUT2D eigenvalue weighted by molar-refractivity contribution is 0.155. The fourth-order valence-electron chi connectivity index (χ4n) is 1.88. The highest BCUT2D eigenvalue weighted by Gasteiger charge is 2.24. The van der Waals surface area contributed by atoms with E-state index in [1.54, 1.807) is 0 Å². The van der Waals surface area contributed by atoms with Crippen LogP contribution in [0, 0.1) is 23.2 Å². The van der Waals surface area contributed by atoms with Gasteiger partial charge in [0.2, 0.25) is 0 Å². The van der Waals surface area contributed by atoms with E-state index in [-0.39, 0.29) is 18.4 Å². The highest BCUT2D eigenvalue weighted by atomic mass is 16.3. The third-order valence-corrected chi connectivity index (χ3v) is 3.26. The molecule has 0 aliphatic carbocycles. The molecule has 0 heterocycles. The maximum atomic E-state index is 9.37. The van der Waals surface area contributed by atoms with Crippen molar-refractivity contribution >= 4 is 5.71 Å². The summed E-state index contributed by atoms with van der Waals surface area (Å²) in [7, 11) is 3.94. The second-order valence-electron chi connectivity index (χ2n) is 4.78. The molecular weight excluding hydrogens is 188 g/mol. The van der Waals surface area contributed by atoms with Crippen molar-refractivity contribution in [1.82, 2.24) is 4.90 Å². The van der Waals surface area contributed by atoms with Gasteiger partial charge in [0, 0.05) is 24.8 Å². The van der Waals surface area contributed by atoms with Crippen molar-refractivity contribution in [1.29, 1.82) is 5.41 Å². The normalized spacial score (nSPS) is 17.5. The van der Waals surface area contributed by atoms with Crippen LogP contribution in [-0.4, -0.2) is 43.0 Å². The number of hydrogen-bond donors (Lipinski definition) is 2. The summed E-state index contributed by atoms with van der Waals surface area (Å²) in [6, 6.07) is 0. The SMILES string of the molecule is CC[C@@H](C)[C@@H](CO)C(C)C(=N)CN(C)C. The summed E-state index contributed by atoms with van der Waals surface area (Å²) in [4.78, 5) is 2.00. The topological polar surface area (TPSA) is 47.3 Å². The second kappa shape index (κ2) is 6.96. The van der Waals surface area contributed by atoms with Gasteiger partial charge in [-0.1, -0.05) is 27.2 Å². The van der Waals surface area contributed by atoms with Gasteiger partial charge < -0.3 is 15.4 Å². The summed E-state index contributed by atoms with van der Waals surface area (Å²) >= 11 is 0. The van der Waals surface area contributed by atoms with Crippen molar-refractivity contribution in [2.75, 3.05) is 27.2 Å². The summed E-state index contributed by atoms with van der Waals surface area (Å²) in [6.45, 7) is 7.22. The van der Waals surface area contributed by atoms with Gasteiger partial charge in [-0.15, -0.1) is 0 Å². The highest BCUT2D eigenvalue weighted by Crippen LogP contribution is 2.24. The number of nitrogens with one attached hydrogen (secondary N) is 1. The molecule has 0 saturated carbocycles. The number of nitrogens with zero attached hydrogens (tertiary/aromatic N) is 1. The second-order valence-corrected chi connectivity index (χ2v) is 4.78. The molecule has 3 heteroatoms. The third-order valence-electron chi connectivity index (χ3n) is 3.26. The summed E-state index contributed by atoms with van der Waals surface area (Å²) in [5.41, 5.74) is 0.722. The van der Waals surface area contributed by atoms with Crippen LogP contribution < -0.4 is 0 Å². The van der Waals surface area contributed by atoms with Crippen LogP contribution in [0.1, 0.15) is 27.2 Å². The molecule has 0 aromatic carbocycles. The predicted molar refractivity (Wildman–Crippen MR) is 65.5 cm³/mol. The molecule has 3 nitrogen and oxygen atoms in total. The standard InChI is InChI=1S/C12H26N2O/c1-6-9(2)11(8-15)10(3)12(13)7-14(4)5/h9-11,13,15H,6-8H2,1-5H3/t9-,10?,11-/m1/s1. The minimum absolute atomic E-state index is 0.173. The van der Waals surface area contributed by atoms with E-state index in [0.29, 0.717) is 12.5 Å². The van der Waals surface area contributed by atoms with Crippen LogP contribution in [0.15, 0.2) is 0 Å². The van der Waals surface area contributed by atoms with Crippen molar-refractivity contribution < 1.29 is 5.11 Å². The summed E-state index contributed by atoms with van der Waals surface area (Å²) < 4.78 is 0. The summed E-state index contributed by atoms with van der Waals surface area (Å²) in [6.07, 6.45) is 1.06. The zero-order valence-corrected chi connectivity index (χ0v) is 10.7. The first-order chi connectivity index (χ1) is 6.93. The smallest absolute Gasteiger partial charge is 0.0468 e. The molecule has 2 N–H and O–H groups in total. The van der Waals surface area contributed by atoms with E-state index in [2.05, 4.69) is 20.8 Å². The first kappa shape index (κ1) is 14.6. The zero-order chi connectivity index (χ0) is 12.0. The van der Waals surface area contributed by atoms with Crippen molar-refractivity contribution in [3.8, 4) is 0 Å². The first-order valence-electron chi connectivity index (χ1n) is 5.76. The molecule has 0 aliphatic heterocycles. The quantitative estimate of drug-likeness (QED) is 0.635. The Balaban J connectivity index is 4.37. The van der Waals surface area contributed by atoms with E-state index in [0.717, 1.165) is 12.1 Å². The Morgan fingerprint density at radius 1 is 1.33 bits per heavy atom. The van der Waals surface area contributed by atoms with Crippen LogP contribution >= 0.6 is 0 Å². The lowest BCUT2D eigenvalue weighted by Gasteiger charge is -2.28. The van der Waals surface area contributed by atoms with Crippen molar-refractivity contribution in [2.45, 2.75) is 27.2 Å². The van der Waals surface area contributed by atoms with Gasteiger partial charge in [0.05, 0.1) is 0 Å². The van der Waals surface area contributed by atoms with Crippen molar-refractivity contribution in [3.05, 3.63) is 0 Å². The number of hydrogen-bond acceptors (Lipinski definition) is 3. The Hall–Kier alpha value is -0.410. The predicted octanol–water partition coefficient (Wildman–Crippen LogP) is 1.86. The molecular formula is C12H26N2O. The van der Waals surface area contributed by atoms with Gasteiger partial charge in [-0.2, -0.15) is 0 Å². The maximum Gasteiger partial charge on any atom is 0.0468 e. The molecule has 3 atom stereocenters. The molecule has 0 aliphatic rings. The maximum absolute atomic E-state index is 9.37. The molecule has 0 spiro atoms. The van der Waals surface area contributed by atoms with Crippen LogP contribution in [0.4, 0.5) is 0 Å². The van der Waals surface area contributed by atoms with Gasteiger partial charge in [-0.3, -0.25) is 0 Å². The van der Waals surface area contributed by atoms with Crippen molar-refractivity contribution in [2.24, 2.45) is 17.8 Å². The largest absolute Gasteiger partial charge is 0.396 e. The van der Waals surface area contributed by atoms with E-state index in [4.69, 9.17) is 5.41 Å². The minimum Gasteiger partial charge on any atom is -0.396 e. The van der Waals surface area contributed by atoms with Gasteiger partial charge in [0.25, 0.3) is 0 Å². The van der Waals surface area contributed by atoms with Gasteiger partial charge >= 0.3 is 0 Å². The number of aliphatic hydroxyl groups is 1. The molecule has 0 radical (unpaired) electrons. The minimum atomic E-state index is 0.173. The highest BCUT2D eigenvalue weighted by molar-refractivity contribution is 5.85. The third kappa shape index (κ3) is 4.76. The monoisotopic (exact) mass is 214 g/mol. The Labute approximate surface area is 94.0 Å². The zero-order valence-electron chi connectivity index (χ0n) is 10.7. The van der Waals surface area contributed by atoms with E-state index in [1.807, 2.05) is 19.0 Å². The van der Waals surface area contributed by atoms with E-state index in [9.17, 15) is 5.11 Å². The molecule has 0 bridgehead atoms. The summed E-state index contributed by atoms with van der Waals surface area (Å²) in [5.74, 6) is 0.877. The first-order valence-corrected chi connectivity index (χ1v) is 5.76. The molecule has 90 valence electrons. The summed E-state index contributed by atoms with van der Waals surface area (Å²) in [5, 5.41) is 17.3. The van der Waals surface area contributed by atoms with Crippen molar-refractivity contribution in [3.63, 3.8) is 0 Å². The van der Waals surface area contributed by atoms with Crippen LogP contribution in [0.3, 0.4) is 0 Å². The van der Waals surface area contributed by atoms with E-state index in [1.165, 1.54) is 0 Å². The Morgan fingerprint density at radius 2 is 1.87 bits per heavy atom. The molecule has 1 unspecified atom stereocenters. The Morgan fingerprint density at radius 3 is 2.20 bits per heavy atom. The molecule has 0 amide bonds. The van der Waals surface area contributed by atoms with Crippen LogP contribution in [0.2, 0.25) is 0 Å². The molecule has 0 aromatic heterocycles. The van der Waals surface area contributed by atoms with Gasteiger partial charge in [0.15, 0.2) is 0 Å². The average molecular weight is 214 g/mol. The lowest BCUT2D eigenvalue weighted by atomic mass is 9.80. The molecule has 0 fully saturated rings. The average Bonchev–Trinajstić information content (AvgIpc) is 2.17. The van der Waals surface area contributed by atoms with Gasteiger partial charge in [0.1, 0.15) is 0 Å². The molecule has 0 rings (SSSR count). The van der Waals surface area contributed by atoms with E-state index < -0.39 is 0 Å². The van der Waals surface area contributed by atoms with Gasteiger partial charge in [-0.05, 0) is 25.9 Å². The van der Waals surface area contributed by atoms with Crippen LogP contribution in [0.5, 0.6) is 0 Å². The fraction of sp³-hybridized carbons (Fsp3) is 0.917. The van der Waals surface area contributed by atoms with Crippen LogP contribution in [0.25, 0.3) is 0 Å². The van der Waals surface area contributed by atoms with Gasteiger partial charge in [-0.25, -0.2) is 0 Å². The molecule has 0 saturated heterocycles. The number of rotatable bonds is 7. The Kier molecular flexibility index (Phi) is 6.77. The molecule has 15 heavy (non-hydrogen) atoms. The van der Waals surface area contributed by atoms with Crippen LogP contribution in [-0.2, 0) is 0 Å². The lowest BCUT2D eigenvalue weighted by Crippen LogP contribution is -2.34. The van der Waals surface area contributed by atoms with E-state index >= 15 is 0 Å². The molecule has 0 aromatic rings. The fourth-order valence-corrected chi connectivity index (χ4v) is 1.88. The Bertz CT molecular complexity index is 192. The number of aliphatic hydroxyl groups excluding tert-OH is 1.